The molecule has 0 saturated carbocycles. The third-order valence-electron chi connectivity index (χ3n) is 3.00. The number of para-hydroxylation sites is 1. The summed E-state index contributed by atoms with van der Waals surface area (Å²) in [5.74, 6) is -0.410. The van der Waals surface area contributed by atoms with Gasteiger partial charge in [-0.25, -0.2) is 0 Å². The van der Waals surface area contributed by atoms with E-state index in [1.54, 1.807) is 19.1 Å². The molecular weight excluding hydrogens is 230 g/mol. The Labute approximate surface area is 104 Å². The lowest BCUT2D eigenvalue weighted by Crippen LogP contribution is -2.40. The molecule has 2 aliphatic rings. The van der Waals surface area contributed by atoms with Gasteiger partial charge >= 0.3 is 0 Å². The minimum Gasteiger partial charge on any atom is -0.308 e. The highest BCUT2D eigenvalue weighted by Gasteiger charge is 2.40. The molecule has 5 heteroatoms. The zero-order valence-electron chi connectivity index (χ0n) is 9.75. The predicted molar refractivity (Wildman–Crippen MR) is 66.8 cm³/mol. The molecule has 1 N–H and O–H groups in total. The first-order valence-corrected chi connectivity index (χ1v) is 5.63. The molecule has 0 radical (unpaired) electrons. The van der Waals surface area contributed by atoms with Crippen LogP contribution in [-0.4, -0.2) is 17.6 Å². The second-order valence-corrected chi connectivity index (χ2v) is 4.28. The summed E-state index contributed by atoms with van der Waals surface area (Å²) < 4.78 is 0. The van der Waals surface area contributed by atoms with Crippen molar-refractivity contribution in [1.82, 2.24) is 5.32 Å². The Bertz CT molecular complexity index is 590. The molecule has 0 spiro atoms. The first kappa shape index (κ1) is 10.7. The first-order chi connectivity index (χ1) is 8.66. The molecule has 1 unspecified atom stereocenters. The Balaban J connectivity index is 2.02. The summed E-state index contributed by atoms with van der Waals surface area (Å²) in [4.78, 5) is 23.6. The van der Waals surface area contributed by atoms with E-state index in [2.05, 4.69) is 10.4 Å². The lowest BCUT2D eigenvalue weighted by molar-refractivity contribution is -0.119. The number of hydrazone groups is 1. The minimum atomic E-state index is -0.456. The first-order valence-electron chi connectivity index (χ1n) is 5.63. The van der Waals surface area contributed by atoms with Crippen molar-refractivity contribution in [2.24, 2.45) is 11.0 Å². The maximum Gasteiger partial charge on any atom is 0.262 e. The van der Waals surface area contributed by atoms with Crippen LogP contribution in [0.1, 0.15) is 6.92 Å². The highest BCUT2D eigenvalue weighted by atomic mass is 16.2. The number of fused-ring (bicyclic) bond motifs is 1. The lowest BCUT2D eigenvalue weighted by Gasteiger charge is -2.17. The maximum atomic E-state index is 12.3. The van der Waals surface area contributed by atoms with Crippen molar-refractivity contribution in [2.75, 3.05) is 5.01 Å². The van der Waals surface area contributed by atoms with Gasteiger partial charge in [0.25, 0.3) is 5.91 Å². The number of carbonyl (C=O) groups excluding carboxylic acids is 2. The van der Waals surface area contributed by atoms with Gasteiger partial charge in [-0.3, -0.25) is 9.59 Å². The Morgan fingerprint density at radius 1 is 1.22 bits per heavy atom. The summed E-state index contributed by atoms with van der Waals surface area (Å²) >= 11 is 0. The van der Waals surface area contributed by atoms with Gasteiger partial charge < -0.3 is 5.32 Å². The summed E-state index contributed by atoms with van der Waals surface area (Å²) in [6.45, 7) is 1.77. The SMILES string of the molecule is CC1=CC(=O)NC2=NN(c3ccccc3)C(=O)C12. The molecule has 0 bridgehead atoms. The summed E-state index contributed by atoms with van der Waals surface area (Å²) in [5.41, 5.74) is 1.42. The van der Waals surface area contributed by atoms with Gasteiger partial charge in [-0.2, -0.15) is 10.1 Å². The fourth-order valence-corrected chi connectivity index (χ4v) is 2.17. The molecule has 2 aliphatic heterocycles. The Hall–Kier alpha value is -2.43. The van der Waals surface area contributed by atoms with Crippen LogP contribution < -0.4 is 10.3 Å². The fourth-order valence-electron chi connectivity index (χ4n) is 2.17. The molecule has 1 aromatic carbocycles. The number of anilines is 1. The van der Waals surface area contributed by atoms with E-state index in [1.807, 2.05) is 18.2 Å². The summed E-state index contributed by atoms with van der Waals surface area (Å²) in [6, 6.07) is 9.16. The van der Waals surface area contributed by atoms with Crippen molar-refractivity contribution in [2.45, 2.75) is 6.92 Å². The van der Waals surface area contributed by atoms with Crippen LogP contribution in [0.2, 0.25) is 0 Å². The fraction of sp³-hybridized carbons (Fsp3) is 0.154. The number of hydrogen-bond donors (Lipinski definition) is 1. The van der Waals surface area contributed by atoms with Gasteiger partial charge in [0.15, 0.2) is 0 Å². The molecule has 0 fully saturated rings. The van der Waals surface area contributed by atoms with E-state index in [0.29, 0.717) is 11.5 Å². The molecule has 0 aromatic heterocycles. The van der Waals surface area contributed by atoms with Gasteiger partial charge in [0.05, 0.1) is 5.69 Å². The topological polar surface area (TPSA) is 61.8 Å². The van der Waals surface area contributed by atoms with Gasteiger partial charge in [0.2, 0.25) is 5.91 Å². The zero-order chi connectivity index (χ0) is 12.7. The van der Waals surface area contributed by atoms with E-state index in [4.69, 9.17) is 0 Å². The molecule has 2 amide bonds. The summed E-state index contributed by atoms with van der Waals surface area (Å²) in [5, 5.41) is 8.14. The molecule has 3 rings (SSSR count). The van der Waals surface area contributed by atoms with Crippen LogP contribution in [0.25, 0.3) is 0 Å². The molecule has 90 valence electrons. The molecule has 1 atom stereocenters. The molecular formula is C13H11N3O2. The van der Waals surface area contributed by atoms with Crippen molar-refractivity contribution in [1.29, 1.82) is 0 Å². The third-order valence-corrected chi connectivity index (χ3v) is 3.00. The molecule has 2 heterocycles. The number of hydrogen-bond acceptors (Lipinski definition) is 3. The van der Waals surface area contributed by atoms with Crippen molar-refractivity contribution in [3.05, 3.63) is 42.0 Å². The molecule has 18 heavy (non-hydrogen) atoms. The smallest absolute Gasteiger partial charge is 0.262 e. The highest BCUT2D eigenvalue weighted by molar-refractivity contribution is 6.23. The standard InChI is InChI=1S/C13H11N3O2/c1-8-7-10(17)14-12-11(8)13(18)16(15-12)9-5-3-2-4-6-9/h2-7,11H,1H3,(H,14,15,17). The number of benzene rings is 1. The summed E-state index contributed by atoms with van der Waals surface area (Å²) in [6.07, 6.45) is 1.44. The number of amidine groups is 1. The van der Waals surface area contributed by atoms with Crippen LogP contribution in [0.5, 0.6) is 0 Å². The number of nitrogens with zero attached hydrogens (tertiary/aromatic N) is 2. The van der Waals surface area contributed by atoms with Crippen LogP contribution >= 0.6 is 0 Å². The van der Waals surface area contributed by atoms with Gasteiger partial charge in [-0.15, -0.1) is 0 Å². The van der Waals surface area contributed by atoms with Crippen LogP contribution in [0.4, 0.5) is 5.69 Å². The lowest BCUT2D eigenvalue weighted by atomic mass is 9.95. The second-order valence-electron chi connectivity index (χ2n) is 4.28. The van der Waals surface area contributed by atoms with Gasteiger partial charge in [0, 0.05) is 6.08 Å². The van der Waals surface area contributed by atoms with Crippen molar-refractivity contribution in [3.8, 4) is 0 Å². The van der Waals surface area contributed by atoms with Gasteiger partial charge in [-0.1, -0.05) is 18.2 Å². The van der Waals surface area contributed by atoms with E-state index in [-0.39, 0.29) is 11.8 Å². The van der Waals surface area contributed by atoms with Crippen LogP contribution in [0.3, 0.4) is 0 Å². The molecule has 1 aromatic rings. The predicted octanol–water partition coefficient (Wildman–Crippen LogP) is 1.04. The molecule has 0 aliphatic carbocycles. The van der Waals surface area contributed by atoms with Crippen molar-refractivity contribution in [3.63, 3.8) is 0 Å². The van der Waals surface area contributed by atoms with E-state index < -0.39 is 5.92 Å². The van der Waals surface area contributed by atoms with E-state index in [9.17, 15) is 9.59 Å². The molecule has 0 saturated heterocycles. The Morgan fingerprint density at radius 2 is 1.94 bits per heavy atom. The Kier molecular flexibility index (Phi) is 2.26. The average Bonchev–Trinajstić information content (AvgIpc) is 2.67. The molecule has 5 nitrogen and oxygen atoms in total. The number of carbonyl (C=O) groups is 2. The van der Waals surface area contributed by atoms with Gasteiger partial charge in [-0.05, 0) is 24.6 Å². The quantitative estimate of drug-likeness (QED) is 0.798. The minimum absolute atomic E-state index is 0.134. The van der Waals surface area contributed by atoms with Gasteiger partial charge in [0.1, 0.15) is 11.8 Å². The number of amides is 2. The normalized spacial score (nSPS) is 22.3. The Morgan fingerprint density at radius 3 is 2.67 bits per heavy atom. The average molecular weight is 241 g/mol. The van der Waals surface area contributed by atoms with E-state index >= 15 is 0 Å². The van der Waals surface area contributed by atoms with Crippen LogP contribution in [0.15, 0.2) is 47.1 Å². The van der Waals surface area contributed by atoms with Crippen molar-refractivity contribution < 1.29 is 9.59 Å². The third kappa shape index (κ3) is 1.52. The number of rotatable bonds is 1. The monoisotopic (exact) mass is 241 g/mol. The van der Waals surface area contributed by atoms with E-state index in [1.165, 1.54) is 11.1 Å². The summed E-state index contributed by atoms with van der Waals surface area (Å²) in [7, 11) is 0. The highest BCUT2D eigenvalue weighted by Crippen LogP contribution is 2.28. The second kappa shape index (κ2) is 3.80. The van der Waals surface area contributed by atoms with E-state index in [0.717, 1.165) is 5.57 Å². The largest absolute Gasteiger partial charge is 0.308 e. The zero-order valence-corrected chi connectivity index (χ0v) is 9.75. The number of nitrogens with one attached hydrogen (secondary N) is 1. The van der Waals surface area contributed by atoms with Crippen LogP contribution in [-0.2, 0) is 9.59 Å². The van der Waals surface area contributed by atoms with Crippen molar-refractivity contribution >= 4 is 23.3 Å². The van der Waals surface area contributed by atoms with Crippen LogP contribution in [0, 0.1) is 5.92 Å². The maximum absolute atomic E-state index is 12.3.